The number of fused-ring (bicyclic) bond motifs is 5. The number of benzene rings is 4. The molecule has 0 unspecified atom stereocenters. The number of Topliss-reactive ketones (excluding diaryl/α,β-unsaturated/α-hetero) is 1. The van der Waals surface area contributed by atoms with Crippen molar-refractivity contribution in [2.75, 3.05) is 25.4 Å². The second kappa shape index (κ2) is 13.4. The normalized spacial score (nSPS) is 15.9. The molecule has 270 valence electrons. The van der Waals surface area contributed by atoms with Crippen molar-refractivity contribution in [1.82, 2.24) is 4.98 Å². The first-order valence-corrected chi connectivity index (χ1v) is 18.4. The van der Waals surface area contributed by atoms with E-state index in [4.69, 9.17) is 0 Å². The Bertz CT molecular complexity index is 2340. The number of carbonyl (C=O) groups excluding carboxylic acids is 6. The average Bonchev–Trinajstić information content (AvgIpc) is 4.05. The molecule has 4 aromatic carbocycles. The fraction of sp³-hybridized carbons (Fsp3) is 0.0952. The summed E-state index contributed by atoms with van der Waals surface area (Å²) in [7, 11) is 0. The molecule has 0 saturated heterocycles. The van der Waals surface area contributed by atoms with Crippen LogP contribution < -0.4 is 25.4 Å². The first-order chi connectivity index (χ1) is 26.8. The Hall–Kier alpha value is -7.12. The number of hydrogen-bond acceptors (Lipinski definition) is 7. The van der Waals surface area contributed by atoms with Crippen LogP contribution in [0.15, 0.2) is 121 Å². The largest absolute Gasteiger partial charge is 0.349 e. The van der Waals surface area contributed by atoms with E-state index in [1.165, 1.54) is 20.0 Å². The van der Waals surface area contributed by atoms with E-state index in [0.29, 0.717) is 37.1 Å². The van der Waals surface area contributed by atoms with Gasteiger partial charge in [0.25, 0.3) is 35.3 Å². The van der Waals surface area contributed by atoms with Gasteiger partial charge in [-0.1, -0.05) is 78.9 Å². The molecule has 0 spiro atoms. The second-order valence-electron chi connectivity index (χ2n) is 13.3. The predicted octanol–water partition coefficient (Wildman–Crippen LogP) is 6.04. The van der Waals surface area contributed by atoms with Crippen LogP contribution in [0.2, 0.25) is 0 Å². The number of thiophene rings is 1. The molecule has 0 radical (unpaired) electrons. The van der Waals surface area contributed by atoms with Crippen LogP contribution in [0, 0.1) is 0 Å². The Morgan fingerprint density at radius 3 is 1.20 bits per heavy atom. The predicted molar refractivity (Wildman–Crippen MR) is 208 cm³/mol. The molecule has 0 fully saturated rings. The van der Waals surface area contributed by atoms with Crippen molar-refractivity contribution < 1.29 is 28.8 Å². The Labute approximate surface area is 318 Å². The van der Waals surface area contributed by atoms with Crippen molar-refractivity contribution >= 4 is 75.1 Å². The molecular weight excluding hydrogens is 717 g/mol. The summed E-state index contributed by atoms with van der Waals surface area (Å²) >= 11 is 1.58. The third kappa shape index (κ3) is 5.77. The number of para-hydroxylation sites is 4. The molecule has 2 aromatic heterocycles. The molecule has 12 nitrogen and oxygen atoms in total. The number of aromatic amines is 1. The lowest BCUT2D eigenvalue weighted by molar-refractivity contribution is -0.122. The van der Waals surface area contributed by atoms with Gasteiger partial charge in [0, 0.05) is 0 Å². The van der Waals surface area contributed by atoms with E-state index < -0.39 is 11.7 Å². The highest BCUT2D eigenvalue weighted by Crippen LogP contribution is 2.39. The summed E-state index contributed by atoms with van der Waals surface area (Å²) in [5, 5.41) is 10.5. The molecular formula is C42H30N6O6S. The molecule has 0 aliphatic carbocycles. The van der Waals surface area contributed by atoms with Gasteiger partial charge in [0.1, 0.15) is 5.69 Å². The fourth-order valence-corrected chi connectivity index (χ4v) is 8.12. The smallest absolute Gasteiger partial charge is 0.298 e. The standard InChI is InChI=1S/2C16H12N2O2.C10H6N2O2S/c2*19-15-9-11-5-1-3-7-13(11)17(15)18-14-8-4-2-6-12(14)10-16(18)20;13-9-8-6(12-10(9)14)4-5(11-8)7-2-1-3-15-7/h2*1-8H,9-10H2;1-4,11H,(H,12,13,14). The number of anilines is 5. The van der Waals surface area contributed by atoms with Crippen molar-refractivity contribution in [2.45, 2.75) is 25.7 Å². The number of hydrogen-bond donors (Lipinski definition) is 2. The minimum Gasteiger partial charge on any atom is -0.349 e. The van der Waals surface area contributed by atoms with Gasteiger partial charge in [0.05, 0.1) is 64.7 Å². The third-order valence-corrected chi connectivity index (χ3v) is 10.8. The van der Waals surface area contributed by atoms with Gasteiger partial charge in [-0.2, -0.15) is 0 Å². The summed E-state index contributed by atoms with van der Waals surface area (Å²) in [5.74, 6) is -1.29. The Kier molecular flexibility index (Phi) is 8.20. The number of nitrogens with zero attached hydrogens (tertiary/aromatic N) is 4. The van der Waals surface area contributed by atoms with Crippen molar-refractivity contribution in [3.05, 3.63) is 149 Å². The van der Waals surface area contributed by atoms with Crippen LogP contribution in [0.1, 0.15) is 32.7 Å². The molecule has 6 aromatic rings. The summed E-state index contributed by atoms with van der Waals surface area (Å²) in [6, 6.07) is 36.1. The summed E-state index contributed by atoms with van der Waals surface area (Å²) < 4.78 is 0. The highest BCUT2D eigenvalue weighted by Gasteiger charge is 2.41. The summed E-state index contributed by atoms with van der Waals surface area (Å²) in [4.78, 5) is 75.6. The zero-order chi connectivity index (χ0) is 37.8. The van der Waals surface area contributed by atoms with Crippen LogP contribution in [-0.4, -0.2) is 40.3 Å². The summed E-state index contributed by atoms with van der Waals surface area (Å²) in [6.45, 7) is 0. The minimum atomic E-state index is -0.561. The van der Waals surface area contributed by atoms with E-state index >= 15 is 0 Å². The minimum absolute atomic E-state index is 0.0590. The highest BCUT2D eigenvalue weighted by molar-refractivity contribution is 7.13. The molecule has 5 aliphatic rings. The lowest BCUT2D eigenvalue weighted by atomic mass is 10.2. The summed E-state index contributed by atoms with van der Waals surface area (Å²) in [6.07, 6.45) is 1.40. The molecule has 0 saturated carbocycles. The van der Waals surface area contributed by atoms with Crippen molar-refractivity contribution in [3.8, 4) is 10.6 Å². The molecule has 5 amide bonds. The Balaban J connectivity index is 0.000000110. The van der Waals surface area contributed by atoms with Gasteiger partial charge in [-0.3, -0.25) is 28.8 Å². The van der Waals surface area contributed by atoms with Crippen molar-refractivity contribution in [2.24, 2.45) is 0 Å². The van der Waals surface area contributed by atoms with Crippen LogP contribution in [0.25, 0.3) is 10.6 Å². The van der Waals surface area contributed by atoms with Gasteiger partial charge in [0.2, 0.25) is 0 Å². The highest BCUT2D eigenvalue weighted by atomic mass is 32.1. The van der Waals surface area contributed by atoms with Gasteiger partial charge in [0.15, 0.2) is 0 Å². The molecule has 0 atom stereocenters. The molecule has 5 aliphatic heterocycles. The lowest BCUT2D eigenvalue weighted by Gasteiger charge is -2.28. The lowest BCUT2D eigenvalue weighted by Crippen LogP contribution is -2.47. The zero-order valence-corrected chi connectivity index (χ0v) is 29.8. The average molecular weight is 747 g/mol. The van der Waals surface area contributed by atoms with Crippen molar-refractivity contribution in [3.63, 3.8) is 0 Å². The second-order valence-corrected chi connectivity index (χ2v) is 14.2. The molecule has 55 heavy (non-hydrogen) atoms. The maximum Gasteiger partial charge on any atom is 0.298 e. The van der Waals surface area contributed by atoms with E-state index in [1.807, 2.05) is 115 Å². The van der Waals surface area contributed by atoms with Crippen LogP contribution in [-0.2, 0) is 49.7 Å². The number of nitrogens with one attached hydrogen (secondary N) is 2. The maximum atomic E-state index is 12.3. The van der Waals surface area contributed by atoms with Crippen LogP contribution in [0.4, 0.5) is 28.4 Å². The topological polar surface area (TPSA) is 143 Å². The van der Waals surface area contributed by atoms with E-state index in [-0.39, 0.29) is 23.6 Å². The van der Waals surface area contributed by atoms with E-state index in [9.17, 15) is 28.8 Å². The van der Waals surface area contributed by atoms with Gasteiger partial charge in [-0.15, -0.1) is 11.3 Å². The zero-order valence-electron chi connectivity index (χ0n) is 29.0. The summed E-state index contributed by atoms with van der Waals surface area (Å²) in [5.41, 5.74) is 8.91. The Morgan fingerprint density at radius 2 is 0.855 bits per heavy atom. The third-order valence-electron chi connectivity index (χ3n) is 9.88. The SMILES string of the molecule is O=C1Cc2ccccc2N1N1C(=O)Cc2ccccc21.O=C1Cc2ccccc2N1N1C(=O)Cc2ccccc21.O=C1Nc2cc(-c3cccs3)[nH]c2C1=O. The number of rotatable bonds is 3. The molecule has 13 heteroatoms. The van der Waals surface area contributed by atoms with E-state index in [1.54, 1.807) is 17.4 Å². The molecule has 11 rings (SSSR count). The monoisotopic (exact) mass is 746 g/mol. The molecule has 0 bridgehead atoms. The first kappa shape index (κ1) is 33.7. The van der Waals surface area contributed by atoms with E-state index in [0.717, 1.165) is 55.6 Å². The van der Waals surface area contributed by atoms with Crippen LogP contribution in [0.3, 0.4) is 0 Å². The number of amides is 5. The maximum absolute atomic E-state index is 12.3. The van der Waals surface area contributed by atoms with Gasteiger partial charge in [-0.25, -0.2) is 20.0 Å². The fourth-order valence-electron chi connectivity index (χ4n) is 7.42. The number of carbonyl (C=O) groups is 6. The van der Waals surface area contributed by atoms with Gasteiger partial charge >= 0.3 is 0 Å². The number of hydrazine groups is 2. The number of H-pyrrole nitrogens is 1. The number of ketones is 1. The quantitative estimate of drug-likeness (QED) is 0.212. The molecule has 2 N–H and O–H groups in total. The van der Waals surface area contributed by atoms with Crippen LogP contribution >= 0.6 is 11.3 Å². The van der Waals surface area contributed by atoms with E-state index in [2.05, 4.69) is 10.3 Å². The number of aromatic nitrogens is 1. The molecule has 7 heterocycles. The van der Waals surface area contributed by atoms with Crippen molar-refractivity contribution in [1.29, 1.82) is 0 Å². The van der Waals surface area contributed by atoms with Crippen LogP contribution in [0.5, 0.6) is 0 Å². The Morgan fingerprint density at radius 1 is 0.473 bits per heavy atom. The van der Waals surface area contributed by atoms with Gasteiger partial charge in [-0.05, 0) is 64.0 Å². The first-order valence-electron chi connectivity index (χ1n) is 17.5. The van der Waals surface area contributed by atoms with Gasteiger partial charge < -0.3 is 10.3 Å².